The first-order valence-electron chi connectivity index (χ1n) is 9.57. The van der Waals surface area contributed by atoms with Crippen molar-refractivity contribution >= 4 is 5.82 Å². The van der Waals surface area contributed by atoms with Crippen molar-refractivity contribution in [1.82, 2.24) is 24.6 Å². The minimum atomic E-state index is 0.523. The fraction of sp³-hybridized carbons (Fsp3) is 0.632. The molecule has 1 aliphatic heterocycles. The van der Waals surface area contributed by atoms with Crippen molar-refractivity contribution in [2.45, 2.75) is 65.1 Å². The van der Waals surface area contributed by atoms with Gasteiger partial charge in [0, 0.05) is 54.7 Å². The summed E-state index contributed by atoms with van der Waals surface area (Å²) in [7, 11) is 0. The fourth-order valence-electron chi connectivity index (χ4n) is 4.11. The number of rotatable bonds is 5. The second-order valence-corrected chi connectivity index (χ2v) is 7.27. The highest BCUT2D eigenvalue weighted by atomic mass is 15.3. The molecule has 1 saturated heterocycles. The predicted molar refractivity (Wildman–Crippen MR) is 98.6 cm³/mol. The summed E-state index contributed by atoms with van der Waals surface area (Å²) in [5.74, 6) is 1.08. The van der Waals surface area contributed by atoms with E-state index in [4.69, 9.17) is 0 Å². The van der Waals surface area contributed by atoms with Gasteiger partial charge in [-0.05, 0) is 46.0 Å². The van der Waals surface area contributed by atoms with Gasteiger partial charge < -0.3 is 5.32 Å². The van der Waals surface area contributed by atoms with Gasteiger partial charge in [-0.1, -0.05) is 0 Å². The SMILES string of the molecule is CCn1ncc(CN2CCC(Nc3ncnc4c3CCC4)CC2)c1C. The molecule has 2 aromatic rings. The van der Waals surface area contributed by atoms with Gasteiger partial charge in [-0.3, -0.25) is 9.58 Å². The van der Waals surface area contributed by atoms with Gasteiger partial charge in [0.25, 0.3) is 0 Å². The van der Waals surface area contributed by atoms with Crippen molar-refractivity contribution in [3.05, 3.63) is 35.0 Å². The third kappa shape index (κ3) is 3.40. The highest BCUT2D eigenvalue weighted by Gasteiger charge is 2.23. The molecule has 1 fully saturated rings. The predicted octanol–water partition coefficient (Wildman–Crippen LogP) is 2.57. The lowest BCUT2D eigenvalue weighted by atomic mass is 10.0. The number of nitrogens with zero attached hydrogens (tertiary/aromatic N) is 5. The molecule has 25 heavy (non-hydrogen) atoms. The lowest BCUT2D eigenvalue weighted by Crippen LogP contribution is -2.39. The van der Waals surface area contributed by atoms with E-state index in [1.165, 1.54) is 41.8 Å². The molecule has 4 rings (SSSR count). The lowest BCUT2D eigenvalue weighted by Gasteiger charge is -2.32. The van der Waals surface area contributed by atoms with Crippen LogP contribution in [-0.4, -0.2) is 43.8 Å². The molecule has 3 heterocycles. The maximum Gasteiger partial charge on any atom is 0.133 e. The number of nitrogens with one attached hydrogen (secondary N) is 1. The first kappa shape index (κ1) is 16.5. The van der Waals surface area contributed by atoms with Crippen molar-refractivity contribution in [1.29, 1.82) is 0 Å². The monoisotopic (exact) mass is 340 g/mol. The van der Waals surface area contributed by atoms with Gasteiger partial charge >= 0.3 is 0 Å². The molecule has 0 amide bonds. The second-order valence-electron chi connectivity index (χ2n) is 7.27. The van der Waals surface area contributed by atoms with Crippen LogP contribution in [0.15, 0.2) is 12.5 Å². The third-order valence-corrected chi connectivity index (χ3v) is 5.70. The Morgan fingerprint density at radius 1 is 1.20 bits per heavy atom. The van der Waals surface area contributed by atoms with Gasteiger partial charge in [0.2, 0.25) is 0 Å². The highest BCUT2D eigenvalue weighted by Crippen LogP contribution is 2.27. The number of anilines is 1. The molecular weight excluding hydrogens is 312 g/mol. The van der Waals surface area contributed by atoms with Crippen LogP contribution in [0.2, 0.25) is 0 Å². The number of aryl methyl sites for hydroxylation is 2. The fourth-order valence-corrected chi connectivity index (χ4v) is 4.11. The molecule has 0 radical (unpaired) electrons. The van der Waals surface area contributed by atoms with Gasteiger partial charge in [-0.2, -0.15) is 5.10 Å². The lowest BCUT2D eigenvalue weighted by molar-refractivity contribution is 0.210. The summed E-state index contributed by atoms with van der Waals surface area (Å²) in [5, 5.41) is 8.16. The quantitative estimate of drug-likeness (QED) is 0.906. The van der Waals surface area contributed by atoms with Crippen LogP contribution in [0.25, 0.3) is 0 Å². The molecular formula is C19H28N6. The van der Waals surface area contributed by atoms with Crippen LogP contribution >= 0.6 is 0 Å². The molecule has 0 saturated carbocycles. The van der Waals surface area contributed by atoms with Crippen LogP contribution in [0.4, 0.5) is 5.82 Å². The number of aromatic nitrogens is 4. The first-order valence-corrected chi connectivity index (χ1v) is 9.57. The molecule has 6 nitrogen and oxygen atoms in total. The first-order chi connectivity index (χ1) is 12.2. The molecule has 0 aromatic carbocycles. The Labute approximate surface area is 149 Å². The number of piperidine rings is 1. The van der Waals surface area contributed by atoms with E-state index in [1.807, 2.05) is 6.20 Å². The molecule has 0 atom stereocenters. The van der Waals surface area contributed by atoms with Gasteiger partial charge in [-0.15, -0.1) is 0 Å². The minimum absolute atomic E-state index is 0.523. The molecule has 0 spiro atoms. The Balaban J connectivity index is 1.33. The van der Waals surface area contributed by atoms with Gasteiger partial charge in [0.05, 0.1) is 6.20 Å². The highest BCUT2D eigenvalue weighted by molar-refractivity contribution is 5.48. The number of likely N-dealkylation sites (tertiary alicyclic amines) is 1. The maximum atomic E-state index is 4.51. The summed E-state index contributed by atoms with van der Waals surface area (Å²) in [6.07, 6.45) is 9.53. The van der Waals surface area contributed by atoms with Crippen molar-refractivity contribution < 1.29 is 0 Å². The van der Waals surface area contributed by atoms with Crippen LogP contribution in [0.3, 0.4) is 0 Å². The van der Waals surface area contributed by atoms with Crippen LogP contribution < -0.4 is 5.32 Å². The Bertz CT molecular complexity index is 730. The molecule has 0 bridgehead atoms. The van der Waals surface area contributed by atoms with Crippen molar-refractivity contribution in [3.8, 4) is 0 Å². The standard InChI is InChI=1S/C19H28N6/c1-3-25-14(2)15(11-22-25)12-24-9-7-16(8-10-24)23-19-17-5-4-6-18(17)20-13-21-19/h11,13,16H,3-10,12H2,1-2H3,(H,20,21,23). The summed E-state index contributed by atoms with van der Waals surface area (Å²) in [5.41, 5.74) is 5.27. The summed E-state index contributed by atoms with van der Waals surface area (Å²) in [4.78, 5) is 11.5. The summed E-state index contributed by atoms with van der Waals surface area (Å²) >= 11 is 0. The molecule has 2 aromatic heterocycles. The van der Waals surface area contributed by atoms with Crippen LogP contribution in [0.1, 0.15) is 48.7 Å². The van der Waals surface area contributed by atoms with E-state index < -0.39 is 0 Å². The van der Waals surface area contributed by atoms with Crippen molar-refractivity contribution in [2.24, 2.45) is 0 Å². The maximum absolute atomic E-state index is 4.51. The van der Waals surface area contributed by atoms with E-state index in [1.54, 1.807) is 6.33 Å². The van der Waals surface area contributed by atoms with E-state index in [0.29, 0.717) is 6.04 Å². The molecule has 1 aliphatic carbocycles. The largest absolute Gasteiger partial charge is 0.367 e. The van der Waals surface area contributed by atoms with Crippen molar-refractivity contribution in [3.63, 3.8) is 0 Å². The Morgan fingerprint density at radius 2 is 2.04 bits per heavy atom. The summed E-state index contributed by atoms with van der Waals surface area (Å²) < 4.78 is 2.08. The number of hydrogen-bond acceptors (Lipinski definition) is 5. The molecule has 1 N–H and O–H groups in total. The third-order valence-electron chi connectivity index (χ3n) is 5.70. The Hall–Kier alpha value is -1.95. The average Bonchev–Trinajstić information content (AvgIpc) is 3.24. The molecule has 134 valence electrons. The average molecular weight is 340 g/mol. The Morgan fingerprint density at radius 3 is 2.80 bits per heavy atom. The van der Waals surface area contributed by atoms with E-state index in [2.05, 4.69) is 43.8 Å². The topological polar surface area (TPSA) is 58.9 Å². The normalized spacial score (nSPS) is 18.5. The van der Waals surface area contributed by atoms with E-state index in [9.17, 15) is 0 Å². The Kier molecular flexibility index (Phi) is 4.70. The van der Waals surface area contributed by atoms with Gasteiger partial charge in [0.15, 0.2) is 0 Å². The summed E-state index contributed by atoms with van der Waals surface area (Å²) in [6, 6.07) is 0.523. The van der Waals surface area contributed by atoms with E-state index in [0.717, 1.165) is 44.8 Å². The zero-order valence-electron chi connectivity index (χ0n) is 15.3. The number of hydrogen-bond donors (Lipinski definition) is 1. The molecule has 6 heteroatoms. The van der Waals surface area contributed by atoms with E-state index >= 15 is 0 Å². The molecule has 2 aliphatic rings. The number of fused-ring (bicyclic) bond motifs is 1. The van der Waals surface area contributed by atoms with Gasteiger partial charge in [-0.25, -0.2) is 9.97 Å². The zero-order valence-corrected chi connectivity index (χ0v) is 15.3. The van der Waals surface area contributed by atoms with Gasteiger partial charge in [0.1, 0.15) is 12.1 Å². The van der Waals surface area contributed by atoms with Crippen molar-refractivity contribution in [2.75, 3.05) is 18.4 Å². The smallest absolute Gasteiger partial charge is 0.133 e. The zero-order chi connectivity index (χ0) is 17.2. The second kappa shape index (κ2) is 7.12. The van der Waals surface area contributed by atoms with E-state index in [-0.39, 0.29) is 0 Å². The minimum Gasteiger partial charge on any atom is -0.367 e. The van der Waals surface area contributed by atoms with Crippen LogP contribution in [0, 0.1) is 6.92 Å². The van der Waals surface area contributed by atoms with Crippen LogP contribution in [0.5, 0.6) is 0 Å². The molecule has 0 unspecified atom stereocenters. The summed E-state index contributed by atoms with van der Waals surface area (Å²) in [6.45, 7) is 8.53. The van der Waals surface area contributed by atoms with Crippen LogP contribution in [-0.2, 0) is 25.9 Å².